The van der Waals surface area contributed by atoms with Gasteiger partial charge in [-0.2, -0.15) is 0 Å². The number of aliphatic hydroxyl groups is 4. The molecule has 0 aromatic heterocycles. The highest BCUT2D eigenvalue weighted by Crippen LogP contribution is 2.22. The minimum atomic E-state index is -1.37. The second kappa shape index (κ2) is 5.15. The molecule has 1 saturated heterocycles. The summed E-state index contributed by atoms with van der Waals surface area (Å²) >= 11 is 4.65. The quantitative estimate of drug-likeness (QED) is 0.345. The molecule has 15 heavy (non-hydrogen) atoms. The van der Waals surface area contributed by atoms with Crippen molar-refractivity contribution in [2.75, 3.05) is 6.61 Å². The van der Waals surface area contributed by atoms with E-state index in [0.29, 0.717) is 0 Å². The second-order valence-electron chi connectivity index (χ2n) is 3.54. The number of thiocarbonyl (C=S) groups is 1. The van der Waals surface area contributed by atoms with Gasteiger partial charge in [0.2, 0.25) is 0 Å². The van der Waals surface area contributed by atoms with Crippen LogP contribution in [-0.2, 0) is 4.74 Å². The first kappa shape index (κ1) is 12.8. The molecule has 0 aliphatic carbocycles. The maximum absolute atomic E-state index is 9.54. The molecule has 88 valence electrons. The van der Waals surface area contributed by atoms with Crippen LogP contribution in [0.3, 0.4) is 0 Å². The molecule has 5 atom stereocenters. The zero-order valence-electron chi connectivity index (χ0n) is 7.98. The largest absolute Gasteiger partial charge is 0.394 e. The normalized spacial score (nSPS) is 41.5. The summed E-state index contributed by atoms with van der Waals surface area (Å²) in [5.41, 5.74) is 5.29. The third kappa shape index (κ3) is 2.83. The Kier molecular flexibility index (Phi) is 4.38. The highest BCUT2D eigenvalue weighted by atomic mass is 32.1. The minimum Gasteiger partial charge on any atom is -0.394 e. The van der Waals surface area contributed by atoms with Gasteiger partial charge in [0.05, 0.1) is 17.7 Å². The first-order valence-corrected chi connectivity index (χ1v) is 4.97. The van der Waals surface area contributed by atoms with Gasteiger partial charge in [-0.05, 0) is 0 Å². The van der Waals surface area contributed by atoms with Gasteiger partial charge >= 0.3 is 0 Å². The lowest BCUT2D eigenvalue weighted by atomic mass is 9.93. The SMILES string of the molecule is NC(=S)C[C@@H]1O[C@H](CO)[C@@H](O)[C@H](O)[C@H]1O. The number of hydrogen-bond donors (Lipinski definition) is 5. The summed E-state index contributed by atoms with van der Waals surface area (Å²) in [7, 11) is 0. The Morgan fingerprint density at radius 1 is 1.13 bits per heavy atom. The minimum absolute atomic E-state index is 0.0940. The molecule has 6 N–H and O–H groups in total. The Morgan fingerprint density at radius 2 is 1.67 bits per heavy atom. The van der Waals surface area contributed by atoms with Crippen LogP contribution < -0.4 is 5.73 Å². The van der Waals surface area contributed by atoms with E-state index in [2.05, 4.69) is 12.2 Å². The average Bonchev–Trinajstić information content (AvgIpc) is 2.18. The molecule has 1 heterocycles. The second-order valence-corrected chi connectivity index (χ2v) is 4.06. The fourth-order valence-corrected chi connectivity index (χ4v) is 1.71. The molecule has 1 rings (SSSR count). The van der Waals surface area contributed by atoms with Crippen molar-refractivity contribution in [3.63, 3.8) is 0 Å². The standard InChI is InChI=1S/C8H15NO5S/c9-5(15)1-3-6(11)8(13)7(12)4(2-10)14-3/h3-4,6-8,10-13H,1-2H2,(H2,9,15)/t3-,4+,6-,7+,8+/m0/s1. The lowest BCUT2D eigenvalue weighted by Crippen LogP contribution is -2.59. The molecule has 6 nitrogen and oxygen atoms in total. The summed E-state index contributed by atoms with van der Waals surface area (Å²) in [6.07, 6.45) is -5.57. The molecule has 0 radical (unpaired) electrons. The summed E-state index contributed by atoms with van der Waals surface area (Å²) in [6, 6.07) is 0. The maximum Gasteiger partial charge on any atom is 0.111 e. The predicted molar refractivity (Wildman–Crippen MR) is 55.2 cm³/mol. The Balaban J connectivity index is 2.69. The van der Waals surface area contributed by atoms with E-state index in [1.807, 2.05) is 0 Å². The van der Waals surface area contributed by atoms with Crippen LogP contribution in [0.1, 0.15) is 6.42 Å². The highest BCUT2D eigenvalue weighted by molar-refractivity contribution is 7.80. The monoisotopic (exact) mass is 237 g/mol. The third-order valence-corrected chi connectivity index (χ3v) is 2.56. The molecule has 0 spiro atoms. The number of rotatable bonds is 3. The van der Waals surface area contributed by atoms with E-state index in [9.17, 15) is 15.3 Å². The van der Waals surface area contributed by atoms with Gasteiger partial charge in [-0.25, -0.2) is 0 Å². The fraction of sp³-hybridized carbons (Fsp3) is 0.875. The molecule has 0 aromatic rings. The Morgan fingerprint density at radius 3 is 2.13 bits per heavy atom. The van der Waals surface area contributed by atoms with Crippen molar-refractivity contribution in [2.24, 2.45) is 5.73 Å². The molecular formula is C8H15NO5S. The molecule has 0 bridgehead atoms. The molecule has 1 aliphatic rings. The number of aliphatic hydroxyl groups excluding tert-OH is 4. The third-order valence-electron chi connectivity index (χ3n) is 2.39. The Hall–Kier alpha value is -0.310. The van der Waals surface area contributed by atoms with Crippen LogP contribution in [0.25, 0.3) is 0 Å². The number of hydrogen-bond acceptors (Lipinski definition) is 6. The lowest BCUT2D eigenvalue weighted by molar-refractivity contribution is -0.226. The summed E-state index contributed by atoms with van der Waals surface area (Å²) < 4.78 is 5.16. The topological polar surface area (TPSA) is 116 Å². The molecule has 1 aliphatic heterocycles. The summed E-state index contributed by atoms with van der Waals surface area (Å²) in [5, 5.41) is 37.3. The van der Waals surface area contributed by atoms with Crippen molar-refractivity contribution in [1.29, 1.82) is 0 Å². The lowest BCUT2D eigenvalue weighted by Gasteiger charge is -2.39. The van der Waals surface area contributed by atoms with Crippen LogP contribution in [0.15, 0.2) is 0 Å². The van der Waals surface area contributed by atoms with E-state index in [-0.39, 0.29) is 11.4 Å². The van der Waals surface area contributed by atoms with Gasteiger partial charge in [-0.15, -0.1) is 0 Å². The molecule has 0 saturated carbocycles. The smallest absolute Gasteiger partial charge is 0.111 e. The zero-order valence-corrected chi connectivity index (χ0v) is 8.80. The molecule has 0 amide bonds. The van der Waals surface area contributed by atoms with Gasteiger partial charge in [0.15, 0.2) is 0 Å². The molecular weight excluding hydrogens is 222 g/mol. The highest BCUT2D eigenvalue weighted by Gasteiger charge is 2.43. The number of nitrogens with two attached hydrogens (primary N) is 1. The summed E-state index contributed by atoms with van der Waals surface area (Å²) in [4.78, 5) is 0.138. The van der Waals surface area contributed by atoms with Gasteiger partial charge in [-0.3, -0.25) is 0 Å². The van der Waals surface area contributed by atoms with Crippen molar-refractivity contribution in [3.05, 3.63) is 0 Å². The summed E-state index contributed by atoms with van der Waals surface area (Å²) in [5.74, 6) is 0. The van der Waals surface area contributed by atoms with Crippen LogP contribution in [0, 0.1) is 0 Å². The van der Waals surface area contributed by atoms with Crippen LogP contribution in [-0.4, -0.2) is 62.5 Å². The van der Waals surface area contributed by atoms with E-state index in [4.69, 9.17) is 15.6 Å². The average molecular weight is 237 g/mol. The van der Waals surface area contributed by atoms with E-state index in [0.717, 1.165) is 0 Å². The fourth-order valence-electron chi connectivity index (χ4n) is 1.55. The first-order valence-electron chi connectivity index (χ1n) is 4.56. The molecule has 0 aromatic carbocycles. The molecule has 1 fully saturated rings. The van der Waals surface area contributed by atoms with Gasteiger partial charge in [-0.1, -0.05) is 12.2 Å². The van der Waals surface area contributed by atoms with Crippen LogP contribution >= 0.6 is 12.2 Å². The summed E-state index contributed by atoms with van der Waals surface area (Å²) in [6.45, 7) is -0.446. The molecule has 7 heteroatoms. The van der Waals surface area contributed by atoms with Gasteiger partial charge in [0, 0.05) is 6.42 Å². The van der Waals surface area contributed by atoms with E-state index in [1.54, 1.807) is 0 Å². The zero-order chi connectivity index (χ0) is 11.6. The first-order chi connectivity index (χ1) is 6.97. The van der Waals surface area contributed by atoms with Crippen molar-refractivity contribution >= 4 is 17.2 Å². The van der Waals surface area contributed by atoms with Crippen molar-refractivity contribution < 1.29 is 25.2 Å². The molecule has 0 unspecified atom stereocenters. The van der Waals surface area contributed by atoms with Crippen LogP contribution in [0.5, 0.6) is 0 Å². The van der Waals surface area contributed by atoms with E-state index < -0.39 is 37.1 Å². The van der Waals surface area contributed by atoms with Crippen molar-refractivity contribution in [1.82, 2.24) is 0 Å². The van der Waals surface area contributed by atoms with Crippen LogP contribution in [0.4, 0.5) is 0 Å². The van der Waals surface area contributed by atoms with Crippen molar-refractivity contribution in [3.8, 4) is 0 Å². The van der Waals surface area contributed by atoms with Crippen LogP contribution in [0.2, 0.25) is 0 Å². The maximum atomic E-state index is 9.54. The Bertz CT molecular complexity index is 237. The van der Waals surface area contributed by atoms with Gasteiger partial charge < -0.3 is 30.9 Å². The van der Waals surface area contributed by atoms with E-state index in [1.165, 1.54) is 0 Å². The van der Waals surface area contributed by atoms with Crippen molar-refractivity contribution in [2.45, 2.75) is 36.9 Å². The predicted octanol–water partition coefficient (Wildman–Crippen LogP) is -2.49. The number of ether oxygens (including phenoxy) is 1. The van der Waals surface area contributed by atoms with E-state index >= 15 is 0 Å². The van der Waals surface area contributed by atoms with Gasteiger partial charge in [0.25, 0.3) is 0 Å². The van der Waals surface area contributed by atoms with Gasteiger partial charge in [0.1, 0.15) is 24.4 Å². The Labute approximate surface area is 92.3 Å².